The summed E-state index contributed by atoms with van der Waals surface area (Å²) in [4.78, 5) is 23.3. The van der Waals surface area contributed by atoms with Crippen molar-refractivity contribution >= 4 is 50.5 Å². The minimum atomic E-state index is -0.998. The maximum absolute atomic E-state index is 12.1. The predicted molar refractivity (Wildman–Crippen MR) is 92.2 cm³/mol. The van der Waals surface area contributed by atoms with Crippen molar-refractivity contribution < 1.29 is 14.7 Å². The van der Waals surface area contributed by atoms with Crippen LogP contribution in [-0.4, -0.2) is 39.6 Å². The summed E-state index contributed by atoms with van der Waals surface area (Å²) in [6, 6.07) is 6.85. The lowest BCUT2D eigenvalue weighted by Crippen LogP contribution is -2.42. The summed E-state index contributed by atoms with van der Waals surface area (Å²) in [5.41, 5.74) is 0.931. The number of amides is 1. The molecular weight excluding hydrogens is 368 g/mol. The number of carbonyl (C=O) groups is 2. The summed E-state index contributed by atoms with van der Waals surface area (Å²) in [5.74, 6) is -0.607. The third-order valence-electron chi connectivity index (χ3n) is 3.32. The number of fused-ring (bicyclic) bond motifs is 1. The van der Waals surface area contributed by atoms with Gasteiger partial charge in [-0.25, -0.2) is 4.79 Å². The Morgan fingerprint density at radius 2 is 2.18 bits per heavy atom. The van der Waals surface area contributed by atoms with Gasteiger partial charge >= 0.3 is 5.97 Å². The molecule has 2 rings (SSSR count). The number of carboxylic acids is 1. The molecule has 1 heterocycles. The number of carbonyl (C=O) groups excluding carboxylic acids is 1. The summed E-state index contributed by atoms with van der Waals surface area (Å²) in [5, 5.41) is 12.8. The third kappa shape index (κ3) is 4.04. The molecule has 118 valence electrons. The first kappa shape index (κ1) is 16.9. The van der Waals surface area contributed by atoms with Gasteiger partial charge in [-0.3, -0.25) is 4.79 Å². The van der Waals surface area contributed by atoms with E-state index in [1.807, 2.05) is 41.3 Å². The molecule has 7 heteroatoms. The van der Waals surface area contributed by atoms with E-state index in [4.69, 9.17) is 5.11 Å². The fraction of sp³-hybridized carbons (Fsp3) is 0.333. The SMILES string of the molecule is CSCC[C@@H](NC(=O)Cn1ccc2c(Br)cccc21)C(=O)O. The van der Waals surface area contributed by atoms with Crippen LogP contribution in [0.1, 0.15) is 6.42 Å². The van der Waals surface area contributed by atoms with Crippen molar-refractivity contribution in [1.82, 2.24) is 9.88 Å². The first-order chi connectivity index (χ1) is 10.5. The molecule has 22 heavy (non-hydrogen) atoms. The molecule has 2 aromatic rings. The average molecular weight is 385 g/mol. The van der Waals surface area contributed by atoms with Gasteiger partial charge < -0.3 is 15.0 Å². The minimum absolute atomic E-state index is 0.100. The van der Waals surface area contributed by atoms with Gasteiger partial charge in [-0.05, 0) is 36.6 Å². The van der Waals surface area contributed by atoms with E-state index in [2.05, 4.69) is 21.2 Å². The summed E-state index contributed by atoms with van der Waals surface area (Å²) >= 11 is 5.03. The highest BCUT2D eigenvalue weighted by Gasteiger charge is 2.19. The van der Waals surface area contributed by atoms with Gasteiger partial charge in [0.25, 0.3) is 0 Å². The van der Waals surface area contributed by atoms with E-state index in [9.17, 15) is 9.59 Å². The van der Waals surface area contributed by atoms with Gasteiger partial charge in [-0.15, -0.1) is 0 Å². The quantitative estimate of drug-likeness (QED) is 0.769. The molecule has 1 aromatic carbocycles. The Morgan fingerprint density at radius 3 is 2.86 bits per heavy atom. The minimum Gasteiger partial charge on any atom is -0.480 e. The van der Waals surface area contributed by atoms with Crippen LogP contribution in [0.5, 0.6) is 0 Å². The lowest BCUT2D eigenvalue weighted by Gasteiger charge is -2.14. The molecule has 0 fully saturated rings. The molecule has 5 nitrogen and oxygen atoms in total. The second kappa shape index (κ2) is 7.69. The zero-order valence-electron chi connectivity index (χ0n) is 12.1. The maximum Gasteiger partial charge on any atom is 0.326 e. The molecule has 0 saturated heterocycles. The van der Waals surface area contributed by atoms with Crippen LogP contribution in [0.15, 0.2) is 34.9 Å². The van der Waals surface area contributed by atoms with Crippen LogP contribution in [0, 0.1) is 0 Å². The second-order valence-corrected chi connectivity index (χ2v) is 6.70. The highest BCUT2D eigenvalue weighted by Crippen LogP contribution is 2.24. The van der Waals surface area contributed by atoms with E-state index in [1.54, 1.807) is 11.8 Å². The van der Waals surface area contributed by atoms with Gasteiger partial charge in [0, 0.05) is 21.6 Å². The van der Waals surface area contributed by atoms with Crippen LogP contribution < -0.4 is 5.32 Å². The van der Waals surface area contributed by atoms with Crippen molar-refractivity contribution in [2.24, 2.45) is 0 Å². The van der Waals surface area contributed by atoms with E-state index in [1.165, 1.54) is 0 Å². The summed E-state index contributed by atoms with van der Waals surface area (Å²) < 4.78 is 2.77. The number of hydrogen-bond acceptors (Lipinski definition) is 3. The standard InChI is InChI=1S/C15H17BrN2O3S/c1-22-8-6-12(15(20)21)17-14(19)9-18-7-5-10-11(16)3-2-4-13(10)18/h2-5,7,12H,6,8-9H2,1H3,(H,17,19)(H,20,21)/t12-/m1/s1. The Kier molecular flexibility index (Phi) is 5.90. The van der Waals surface area contributed by atoms with Crippen LogP contribution in [0.4, 0.5) is 0 Å². The Labute approximate surface area is 141 Å². The van der Waals surface area contributed by atoms with E-state index >= 15 is 0 Å². The van der Waals surface area contributed by atoms with Crippen molar-refractivity contribution in [3.63, 3.8) is 0 Å². The van der Waals surface area contributed by atoms with Crippen molar-refractivity contribution in [1.29, 1.82) is 0 Å². The number of nitrogens with zero attached hydrogens (tertiary/aromatic N) is 1. The lowest BCUT2D eigenvalue weighted by molar-refractivity contribution is -0.141. The summed E-state index contributed by atoms with van der Waals surface area (Å²) in [7, 11) is 0. The smallest absolute Gasteiger partial charge is 0.326 e. The van der Waals surface area contributed by atoms with Crippen LogP contribution in [0.25, 0.3) is 10.9 Å². The number of aromatic nitrogens is 1. The summed E-state index contributed by atoms with van der Waals surface area (Å²) in [6.45, 7) is 0.100. The van der Waals surface area contributed by atoms with Gasteiger partial charge in [-0.2, -0.15) is 11.8 Å². The number of aliphatic carboxylic acids is 1. The van der Waals surface area contributed by atoms with Crippen molar-refractivity contribution in [2.75, 3.05) is 12.0 Å². The van der Waals surface area contributed by atoms with Crippen LogP contribution in [0.2, 0.25) is 0 Å². The number of halogens is 1. The molecule has 0 unspecified atom stereocenters. The van der Waals surface area contributed by atoms with Gasteiger partial charge in [0.1, 0.15) is 12.6 Å². The number of carboxylic acid groups (broad SMARTS) is 1. The molecule has 1 atom stereocenters. The highest BCUT2D eigenvalue weighted by molar-refractivity contribution is 9.10. The molecule has 0 aliphatic rings. The van der Waals surface area contributed by atoms with E-state index in [0.717, 1.165) is 15.4 Å². The highest BCUT2D eigenvalue weighted by atomic mass is 79.9. The zero-order chi connectivity index (χ0) is 16.1. The number of benzene rings is 1. The molecule has 0 aliphatic heterocycles. The van der Waals surface area contributed by atoms with Crippen molar-refractivity contribution in [3.05, 3.63) is 34.9 Å². The maximum atomic E-state index is 12.1. The van der Waals surface area contributed by atoms with Crippen LogP contribution in [0.3, 0.4) is 0 Å². The molecule has 1 aromatic heterocycles. The van der Waals surface area contributed by atoms with Gasteiger partial charge in [-0.1, -0.05) is 22.0 Å². The van der Waals surface area contributed by atoms with Crippen molar-refractivity contribution in [3.8, 4) is 0 Å². The molecule has 0 bridgehead atoms. The van der Waals surface area contributed by atoms with Gasteiger partial charge in [0.15, 0.2) is 0 Å². The van der Waals surface area contributed by atoms with Crippen molar-refractivity contribution in [2.45, 2.75) is 19.0 Å². The Balaban J connectivity index is 2.07. The van der Waals surface area contributed by atoms with Crippen LogP contribution in [-0.2, 0) is 16.1 Å². The predicted octanol–water partition coefficient (Wildman–Crippen LogP) is 2.73. The molecule has 0 aliphatic carbocycles. The molecule has 1 amide bonds. The van der Waals surface area contributed by atoms with Crippen LogP contribution >= 0.6 is 27.7 Å². The Morgan fingerprint density at radius 1 is 1.41 bits per heavy atom. The molecule has 0 radical (unpaired) electrons. The number of thioether (sulfide) groups is 1. The first-order valence-electron chi connectivity index (χ1n) is 6.77. The fourth-order valence-electron chi connectivity index (χ4n) is 2.21. The van der Waals surface area contributed by atoms with E-state index in [-0.39, 0.29) is 12.5 Å². The lowest BCUT2D eigenvalue weighted by atomic mass is 10.2. The zero-order valence-corrected chi connectivity index (χ0v) is 14.5. The molecule has 2 N–H and O–H groups in total. The Bertz CT molecular complexity index is 686. The monoisotopic (exact) mass is 384 g/mol. The number of rotatable bonds is 7. The Hall–Kier alpha value is -1.47. The number of hydrogen-bond donors (Lipinski definition) is 2. The molecule has 0 saturated carbocycles. The molecule has 0 spiro atoms. The average Bonchev–Trinajstić information content (AvgIpc) is 2.88. The summed E-state index contributed by atoms with van der Waals surface area (Å²) in [6.07, 6.45) is 4.15. The molecular formula is C15H17BrN2O3S. The van der Waals surface area contributed by atoms with E-state index < -0.39 is 12.0 Å². The fourth-order valence-corrected chi connectivity index (χ4v) is 3.17. The number of nitrogens with one attached hydrogen (secondary N) is 1. The largest absolute Gasteiger partial charge is 0.480 e. The van der Waals surface area contributed by atoms with E-state index in [0.29, 0.717) is 12.2 Å². The topological polar surface area (TPSA) is 71.3 Å². The third-order valence-corrected chi connectivity index (χ3v) is 4.65. The normalized spacial score (nSPS) is 12.3. The van der Waals surface area contributed by atoms with Gasteiger partial charge in [0.2, 0.25) is 5.91 Å². The van der Waals surface area contributed by atoms with Gasteiger partial charge in [0.05, 0.1) is 0 Å². The first-order valence-corrected chi connectivity index (χ1v) is 8.96. The second-order valence-electron chi connectivity index (χ2n) is 4.86.